The molecular formula is C11H12ClF13Si. The van der Waals surface area contributed by atoms with Crippen LogP contribution in [0.25, 0.3) is 0 Å². The van der Waals surface area contributed by atoms with Crippen LogP contribution in [0.2, 0.25) is 19.1 Å². The average Bonchev–Trinajstić information content (AvgIpc) is 2.27. The van der Waals surface area contributed by atoms with Gasteiger partial charge in [0.15, 0.2) is 0 Å². The molecule has 0 aliphatic heterocycles. The maximum Gasteiger partial charge on any atom is 0.459 e. The predicted molar refractivity (Wildman–Crippen MR) is 67.9 cm³/mol. The second-order valence-corrected chi connectivity index (χ2v) is 13.1. The number of hydrogen-bond donors (Lipinski definition) is 0. The molecular weight excluding hydrogens is 443 g/mol. The van der Waals surface area contributed by atoms with Gasteiger partial charge in [-0.1, -0.05) is 19.5 Å². The molecule has 0 saturated heterocycles. The zero-order chi connectivity index (χ0) is 21.6. The monoisotopic (exact) mass is 454 g/mol. The maximum absolute atomic E-state index is 13.7. The van der Waals surface area contributed by atoms with Gasteiger partial charge in [-0.15, -0.1) is 0 Å². The molecule has 0 spiro atoms. The molecule has 0 aromatic carbocycles. The van der Waals surface area contributed by atoms with Crippen molar-refractivity contribution in [3.63, 3.8) is 0 Å². The third kappa shape index (κ3) is 4.36. The summed E-state index contributed by atoms with van der Waals surface area (Å²) in [7, 11) is -2.93. The predicted octanol–water partition coefficient (Wildman–Crippen LogP) is 7.15. The molecule has 0 N–H and O–H groups in total. The minimum atomic E-state index is -7.58. The van der Waals surface area contributed by atoms with Crippen LogP contribution in [0.1, 0.15) is 12.8 Å². The molecule has 26 heavy (non-hydrogen) atoms. The van der Waals surface area contributed by atoms with E-state index in [1.54, 1.807) is 0 Å². The zero-order valence-electron chi connectivity index (χ0n) is 12.9. The minimum Gasteiger partial charge on any atom is -0.198 e. The van der Waals surface area contributed by atoms with Gasteiger partial charge in [0.25, 0.3) is 0 Å². The molecule has 0 rings (SSSR count). The maximum atomic E-state index is 13.7. The lowest BCUT2D eigenvalue weighted by atomic mass is 9.72. The molecule has 0 aromatic rings. The van der Waals surface area contributed by atoms with E-state index in [0.717, 1.165) is 0 Å². The SMILES string of the molecule is C[Si](C)(Cl)CCCC(C(F)(F)F)(C(F)(F)F)C(F)(F)C(F)(F)C(F)(F)F. The summed E-state index contributed by atoms with van der Waals surface area (Å²) >= 11 is 5.63. The lowest BCUT2D eigenvalue weighted by molar-refractivity contribution is -0.461. The van der Waals surface area contributed by atoms with Crippen molar-refractivity contribution >= 4 is 18.5 Å². The molecule has 0 aliphatic rings. The third-order valence-electron chi connectivity index (χ3n) is 3.58. The van der Waals surface area contributed by atoms with Crippen LogP contribution in [0.5, 0.6) is 0 Å². The highest BCUT2D eigenvalue weighted by molar-refractivity contribution is 7.19. The highest BCUT2D eigenvalue weighted by Gasteiger charge is 2.91. The normalized spacial score (nSPS) is 16.2. The van der Waals surface area contributed by atoms with Gasteiger partial charge in [-0.05, 0) is 12.5 Å². The lowest BCUT2D eigenvalue weighted by Gasteiger charge is -2.45. The summed E-state index contributed by atoms with van der Waals surface area (Å²) in [6, 6.07) is -0.657. The number of rotatable bonds is 6. The topological polar surface area (TPSA) is 0 Å². The van der Waals surface area contributed by atoms with Crippen LogP contribution in [0.4, 0.5) is 57.1 Å². The molecule has 158 valence electrons. The summed E-state index contributed by atoms with van der Waals surface area (Å²) < 4.78 is 168. The van der Waals surface area contributed by atoms with Crippen LogP contribution in [-0.2, 0) is 0 Å². The number of halogens is 14. The Bertz CT molecular complexity index is 468. The largest absolute Gasteiger partial charge is 0.459 e. The van der Waals surface area contributed by atoms with Crippen molar-refractivity contribution in [1.29, 1.82) is 0 Å². The van der Waals surface area contributed by atoms with E-state index in [-0.39, 0.29) is 0 Å². The van der Waals surface area contributed by atoms with E-state index < -0.39 is 62.1 Å². The Labute approximate surface area is 144 Å². The highest BCUT2D eigenvalue weighted by Crippen LogP contribution is 2.67. The van der Waals surface area contributed by atoms with Crippen molar-refractivity contribution in [3.05, 3.63) is 0 Å². The first kappa shape index (κ1) is 25.6. The van der Waals surface area contributed by atoms with Gasteiger partial charge < -0.3 is 0 Å². The summed E-state index contributed by atoms with van der Waals surface area (Å²) in [5.74, 6) is -15.1. The molecule has 0 amide bonds. The third-order valence-corrected chi connectivity index (χ3v) is 5.69. The summed E-state index contributed by atoms with van der Waals surface area (Å²) in [6.45, 7) is 2.42. The van der Waals surface area contributed by atoms with Crippen molar-refractivity contribution in [2.24, 2.45) is 5.41 Å². The van der Waals surface area contributed by atoms with E-state index in [4.69, 9.17) is 11.1 Å². The van der Waals surface area contributed by atoms with E-state index in [1.165, 1.54) is 13.1 Å². The molecule has 0 aliphatic carbocycles. The fraction of sp³-hybridized carbons (Fsp3) is 1.00. The first-order valence-electron chi connectivity index (χ1n) is 6.60. The van der Waals surface area contributed by atoms with Crippen molar-refractivity contribution in [2.45, 2.75) is 62.4 Å². The molecule has 0 unspecified atom stereocenters. The van der Waals surface area contributed by atoms with Crippen molar-refractivity contribution in [1.82, 2.24) is 0 Å². The molecule has 0 aromatic heterocycles. The zero-order valence-corrected chi connectivity index (χ0v) is 14.7. The van der Waals surface area contributed by atoms with Gasteiger partial charge in [0, 0.05) is 0 Å². The molecule has 0 fully saturated rings. The fourth-order valence-corrected chi connectivity index (χ4v) is 3.60. The molecule has 0 nitrogen and oxygen atoms in total. The lowest BCUT2D eigenvalue weighted by Crippen LogP contribution is -2.70. The Morgan fingerprint density at radius 3 is 1.19 bits per heavy atom. The molecule has 0 heterocycles. The Morgan fingerprint density at radius 2 is 0.962 bits per heavy atom. The second-order valence-electron chi connectivity index (χ2n) is 6.12. The number of alkyl halides is 13. The molecule has 0 atom stereocenters. The summed E-state index contributed by atoms with van der Waals surface area (Å²) in [5.41, 5.74) is -6.61. The minimum absolute atomic E-state index is 0.657. The Hall–Kier alpha value is -0.403. The standard InChI is InChI=1S/C11H12ClF13Si/c1-26(2,12)5-3-4-6(9(17,18)19,10(20,21)22)7(13,14)8(15,16)11(23,24)25/h3-5H2,1-2H3. The van der Waals surface area contributed by atoms with Gasteiger partial charge in [0.2, 0.25) is 5.41 Å². The van der Waals surface area contributed by atoms with Crippen LogP contribution < -0.4 is 0 Å². The van der Waals surface area contributed by atoms with E-state index in [2.05, 4.69) is 0 Å². The van der Waals surface area contributed by atoms with Crippen molar-refractivity contribution in [3.8, 4) is 0 Å². The van der Waals surface area contributed by atoms with Gasteiger partial charge in [0.1, 0.15) is 7.38 Å². The summed E-state index contributed by atoms with van der Waals surface area (Å²) in [6.07, 6.45) is -25.8. The fourth-order valence-electron chi connectivity index (χ4n) is 2.18. The van der Waals surface area contributed by atoms with Crippen LogP contribution in [0, 0.1) is 5.41 Å². The Morgan fingerprint density at radius 1 is 0.615 bits per heavy atom. The quantitative estimate of drug-likeness (QED) is 0.227. The van der Waals surface area contributed by atoms with E-state index in [9.17, 15) is 57.1 Å². The van der Waals surface area contributed by atoms with Crippen LogP contribution in [0.3, 0.4) is 0 Å². The van der Waals surface area contributed by atoms with E-state index >= 15 is 0 Å². The second kappa shape index (κ2) is 6.89. The summed E-state index contributed by atoms with van der Waals surface area (Å²) in [5, 5.41) is 0. The van der Waals surface area contributed by atoms with Gasteiger partial charge in [-0.2, -0.15) is 68.2 Å². The molecule has 0 saturated carbocycles. The van der Waals surface area contributed by atoms with Crippen molar-refractivity contribution < 1.29 is 57.1 Å². The van der Waals surface area contributed by atoms with E-state index in [0.29, 0.717) is 0 Å². The average molecular weight is 455 g/mol. The summed E-state index contributed by atoms with van der Waals surface area (Å²) in [4.78, 5) is 0. The Balaban J connectivity index is 6.57. The van der Waals surface area contributed by atoms with Gasteiger partial charge in [-0.25, -0.2) is 0 Å². The van der Waals surface area contributed by atoms with Crippen LogP contribution >= 0.6 is 11.1 Å². The Kier molecular flexibility index (Phi) is 6.78. The van der Waals surface area contributed by atoms with Gasteiger partial charge in [0.05, 0.1) is 0 Å². The van der Waals surface area contributed by atoms with Crippen molar-refractivity contribution in [2.75, 3.05) is 0 Å². The first-order chi connectivity index (χ1) is 11.0. The van der Waals surface area contributed by atoms with Crippen LogP contribution in [-0.4, -0.2) is 37.8 Å². The van der Waals surface area contributed by atoms with E-state index in [1.807, 2.05) is 0 Å². The molecule has 0 bridgehead atoms. The van der Waals surface area contributed by atoms with Crippen LogP contribution in [0.15, 0.2) is 0 Å². The first-order valence-corrected chi connectivity index (χ1v) is 10.8. The molecule has 15 heteroatoms. The smallest absolute Gasteiger partial charge is 0.198 e. The van der Waals surface area contributed by atoms with Gasteiger partial charge >= 0.3 is 30.4 Å². The van der Waals surface area contributed by atoms with Gasteiger partial charge in [-0.3, -0.25) is 0 Å². The highest BCUT2D eigenvalue weighted by atomic mass is 35.6. The molecule has 0 radical (unpaired) electrons. The number of hydrogen-bond acceptors (Lipinski definition) is 0.